The fourth-order valence-electron chi connectivity index (χ4n) is 1.69. The lowest BCUT2D eigenvalue weighted by molar-refractivity contribution is -0.119. The van der Waals surface area contributed by atoms with Crippen LogP contribution in [0.1, 0.15) is 19.8 Å². The Morgan fingerprint density at radius 3 is 2.76 bits per heavy atom. The van der Waals surface area contributed by atoms with Crippen molar-refractivity contribution in [2.45, 2.75) is 24.7 Å². The molecule has 0 saturated carbocycles. The van der Waals surface area contributed by atoms with E-state index in [9.17, 15) is 4.79 Å². The SMILES string of the molecule is CCCC(CN)C(=O)Nc1ccccc1SC. The summed E-state index contributed by atoms with van der Waals surface area (Å²) < 4.78 is 0. The van der Waals surface area contributed by atoms with Crippen molar-refractivity contribution in [1.29, 1.82) is 0 Å². The first-order chi connectivity index (χ1) is 8.22. The third-order valence-corrected chi connectivity index (χ3v) is 3.45. The smallest absolute Gasteiger partial charge is 0.228 e. The zero-order valence-corrected chi connectivity index (χ0v) is 11.2. The van der Waals surface area contributed by atoms with Crippen LogP contribution < -0.4 is 11.1 Å². The van der Waals surface area contributed by atoms with E-state index in [0.29, 0.717) is 6.54 Å². The number of amides is 1. The number of para-hydroxylation sites is 1. The van der Waals surface area contributed by atoms with Gasteiger partial charge in [-0.1, -0.05) is 25.5 Å². The average molecular weight is 252 g/mol. The van der Waals surface area contributed by atoms with Crippen molar-refractivity contribution in [2.24, 2.45) is 11.7 Å². The van der Waals surface area contributed by atoms with E-state index in [1.54, 1.807) is 11.8 Å². The Morgan fingerprint density at radius 1 is 1.47 bits per heavy atom. The summed E-state index contributed by atoms with van der Waals surface area (Å²) in [6, 6.07) is 7.81. The molecule has 94 valence electrons. The van der Waals surface area contributed by atoms with Gasteiger partial charge in [0.05, 0.1) is 11.6 Å². The first kappa shape index (κ1) is 14.1. The highest BCUT2D eigenvalue weighted by Gasteiger charge is 2.16. The molecule has 0 saturated heterocycles. The maximum Gasteiger partial charge on any atom is 0.228 e. The molecule has 0 aliphatic heterocycles. The first-order valence-corrected chi connectivity index (χ1v) is 7.09. The van der Waals surface area contributed by atoms with Crippen molar-refractivity contribution in [3.63, 3.8) is 0 Å². The van der Waals surface area contributed by atoms with Crippen LogP contribution in [-0.2, 0) is 4.79 Å². The number of rotatable bonds is 6. The van der Waals surface area contributed by atoms with Gasteiger partial charge in [0, 0.05) is 11.4 Å². The lowest BCUT2D eigenvalue weighted by atomic mass is 10.0. The van der Waals surface area contributed by atoms with Gasteiger partial charge in [0.2, 0.25) is 5.91 Å². The molecule has 0 aromatic heterocycles. The summed E-state index contributed by atoms with van der Waals surface area (Å²) in [6.45, 7) is 2.47. The van der Waals surface area contributed by atoms with Crippen LogP contribution in [0.3, 0.4) is 0 Å². The van der Waals surface area contributed by atoms with E-state index in [-0.39, 0.29) is 11.8 Å². The summed E-state index contributed by atoms with van der Waals surface area (Å²) in [6.07, 6.45) is 3.81. The predicted octanol–water partition coefficient (Wildman–Crippen LogP) is 2.72. The third-order valence-electron chi connectivity index (χ3n) is 2.66. The summed E-state index contributed by atoms with van der Waals surface area (Å²) in [4.78, 5) is 13.1. The number of carbonyl (C=O) groups excluding carboxylic acids is 1. The van der Waals surface area contributed by atoms with Gasteiger partial charge in [-0.15, -0.1) is 11.8 Å². The molecule has 4 heteroatoms. The summed E-state index contributed by atoms with van der Waals surface area (Å²) in [5.74, 6) is -0.0641. The monoisotopic (exact) mass is 252 g/mol. The molecule has 1 aromatic rings. The van der Waals surface area contributed by atoms with Gasteiger partial charge in [-0.25, -0.2) is 0 Å². The van der Waals surface area contributed by atoms with Gasteiger partial charge in [-0.2, -0.15) is 0 Å². The van der Waals surface area contributed by atoms with Crippen molar-refractivity contribution in [1.82, 2.24) is 0 Å². The Labute approximate surface area is 107 Å². The fraction of sp³-hybridized carbons (Fsp3) is 0.462. The maximum atomic E-state index is 12.0. The van der Waals surface area contributed by atoms with Crippen LogP contribution >= 0.6 is 11.8 Å². The van der Waals surface area contributed by atoms with Crippen LogP contribution in [0.15, 0.2) is 29.2 Å². The third kappa shape index (κ3) is 4.06. The highest BCUT2D eigenvalue weighted by Crippen LogP contribution is 2.25. The van der Waals surface area contributed by atoms with Gasteiger partial charge < -0.3 is 11.1 Å². The topological polar surface area (TPSA) is 55.1 Å². The van der Waals surface area contributed by atoms with Crippen molar-refractivity contribution in [3.05, 3.63) is 24.3 Å². The minimum Gasteiger partial charge on any atom is -0.330 e. The summed E-state index contributed by atoms with van der Waals surface area (Å²) in [7, 11) is 0. The van der Waals surface area contributed by atoms with Gasteiger partial charge in [-0.05, 0) is 24.8 Å². The van der Waals surface area contributed by atoms with Crippen molar-refractivity contribution in [3.8, 4) is 0 Å². The zero-order chi connectivity index (χ0) is 12.7. The standard InChI is InChI=1S/C13H20N2OS/c1-3-6-10(9-14)13(16)15-11-7-4-5-8-12(11)17-2/h4-5,7-8,10H,3,6,9,14H2,1-2H3,(H,15,16). The number of carbonyl (C=O) groups is 1. The fourth-order valence-corrected chi connectivity index (χ4v) is 2.24. The second-order valence-corrected chi connectivity index (χ2v) is 4.76. The molecule has 17 heavy (non-hydrogen) atoms. The molecule has 1 unspecified atom stereocenters. The number of hydrogen-bond acceptors (Lipinski definition) is 3. The lowest BCUT2D eigenvalue weighted by Crippen LogP contribution is -2.29. The number of benzene rings is 1. The van der Waals surface area contributed by atoms with Gasteiger partial charge in [0.15, 0.2) is 0 Å². The summed E-state index contributed by atoms with van der Waals surface area (Å²) >= 11 is 1.62. The summed E-state index contributed by atoms with van der Waals surface area (Å²) in [5.41, 5.74) is 6.49. The molecular weight excluding hydrogens is 232 g/mol. The van der Waals surface area contributed by atoms with Crippen molar-refractivity contribution in [2.75, 3.05) is 18.1 Å². The predicted molar refractivity (Wildman–Crippen MR) is 74.3 cm³/mol. The van der Waals surface area contributed by atoms with E-state index < -0.39 is 0 Å². The average Bonchev–Trinajstić information content (AvgIpc) is 2.36. The number of thioether (sulfide) groups is 1. The number of hydrogen-bond donors (Lipinski definition) is 2. The molecule has 0 radical (unpaired) electrons. The molecule has 0 spiro atoms. The zero-order valence-electron chi connectivity index (χ0n) is 10.4. The Morgan fingerprint density at radius 2 is 2.18 bits per heavy atom. The Bertz CT molecular complexity index is 368. The molecule has 3 N–H and O–H groups in total. The van der Waals surface area contributed by atoms with E-state index in [0.717, 1.165) is 23.4 Å². The molecule has 0 bridgehead atoms. The van der Waals surface area contributed by atoms with Gasteiger partial charge in [0.25, 0.3) is 0 Å². The molecule has 3 nitrogen and oxygen atoms in total. The van der Waals surface area contributed by atoms with Gasteiger partial charge in [0.1, 0.15) is 0 Å². The number of anilines is 1. The highest BCUT2D eigenvalue weighted by atomic mass is 32.2. The van der Waals surface area contributed by atoms with E-state index in [1.807, 2.05) is 30.5 Å². The molecule has 1 rings (SSSR count). The Balaban J connectivity index is 2.72. The molecule has 1 atom stereocenters. The molecular formula is C13H20N2OS. The molecule has 0 heterocycles. The summed E-state index contributed by atoms with van der Waals surface area (Å²) in [5, 5.41) is 2.96. The lowest BCUT2D eigenvalue weighted by Gasteiger charge is -2.15. The van der Waals surface area contributed by atoms with Crippen LogP contribution in [-0.4, -0.2) is 18.7 Å². The van der Waals surface area contributed by atoms with Gasteiger partial charge in [-0.3, -0.25) is 4.79 Å². The minimum atomic E-state index is -0.0880. The number of nitrogens with one attached hydrogen (secondary N) is 1. The van der Waals surface area contributed by atoms with E-state index in [2.05, 4.69) is 12.2 Å². The van der Waals surface area contributed by atoms with Crippen LogP contribution in [0.4, 0.5) is 5.69 Å². The molecule has 1 aromatic carbocycles. The maximum absolute atomic E-state index is 12.0. The highest BCUT2D eigenvalue weighted by molar-refractivity contribution is 7.98. The quantitative estimate of drug-likeness (QED) is 0.765. The van der Waals surface area contributed by atoms with Crippen LogP contribution in [0, 0.1) is 5.92 Å². The van der Waals surface area contributed by atoms with Crippen molar-refractivity contribution >= 4 is 23.4 Å². The normalized spacial score (nSPS) is 12.2. The van der Waals surface area contributed by atoms with Crippen LogP contribution in [0.2, 0.25) is 0 Å². The van der Waals surface area contributed by atoms with Crippen LogP contribution in [0.25, 0.3) is 0 Å². The van der Waals surface area contributed by atoms with Crippen LogP contribution in [0.5, 0.6) is 0 Å². The second-order valence-electron chi connectivity index (χ2n) is 3.91. The molecule has 1 amide bonds. The second kappa shape index (κ2) is 7.35. The van der Waals surface area contributed by atoms with E-state index >= 15 is 0 Å². The van der Waals surface area contributed by atoms with E-state index in [1.165, 1.54) is 0 Å². The number of nitrogens with two attached hydrogens (primary N) is 1. The van der Waals surface area contributed by atoms with Gasteiger partial charge >= 0.3 is 0 Å². The minimum absolute atomic E-state index is 0.0239. The molecule has 0 aliphatic carbocycles. The molecule has 0 aliphatic rings. The molecule has 0 fully saturated rings. The Hall–Kier alpha value is -1.00. The van der Waals surface area contributed by atoms with Crippen molar-refractivity contribution < 1.29 is 4.79 Å². The van der Waals surface area contributed by atoms with E-state index in [4.69, 9.17) is 5.73 Å². The Kier molecular flexibility index (Phi) is 6.08. The first-order valence-electron chi connectivity index (χ1n) is 5.86. The largest absolute Gasteiger partial charge is 0.330 e.